The van der Waals surface area contributed by atoms with E-state index in [1.54, 1.807) is 20.2 Å². The summed E-state index contributed by atoms with van der Waals surface area (Å²) >= 11 is 0. The van der Waals surface area contributed by atoms with E-state index in [-0.39, 0.29) is 11.5 Å². The minimum Gasteiger partial charge on any atom is -0.383 e. The van der Waals surface area contributed by atoms with Gasteiger partial charge in [-0.15, -0.1) is 0 Å². The summed E-state index contributed by atoms with van der Waals surface area (Å²) in [5.74, 6) is 0.889. The highest BCUT2D eigenvalue weighted by Crippen LogP contribution is 2.03. The SMILES string of the molecule is CNc1cc(N)nc(=O)n1C. The second kappa shape index (κ2) is 2.61. The molecule has 0 spiro atoms. The average molecular weight is 154 g/mol. The number of nitrogens with two attached hydrogens (primary N) is 1. The summed E-state index contributed by atoms with van der Waals surface area (Å²) in [6.07, 6.45) is 0. The van der Waals surface area contributed by atoms with Crippen LogP contribution in [0.1, 0.15) is 0 Å². The number of nitrogens with one attached hydrogen (secondary N) is 1. The molecule has 5 nitrogen and oxygen atoms in total. The molecular formula is C6H10N4O. The molecule has 0 radical (unpaired) electrons. The van der Waals surface area contributed by atoms with E-state index in [2.05, 4.69) is 10.3 Å². The van der Waals surface area contributed by atoms with Crippen LogP contribution < -0.4 is 16.7 Å². The lowest BCUT2D eigenvalue weighted by atomic mass is 10.5. The summed E-state index contributed by atoms with van der Waals surface area (Å²) in [5.41, 5.74) is 4.99. The van der Waals surface area contributed by atoms with Crippen LogP contribution in [-0.2, 0) is 7.05 Å². The third-order valence-electron chi connectivity index (χ3n) is 1.41. The standard InChI is InChI=1S/C6H10N4O/c1-8-5-3-4(7)9-6(11)10(5)2/h3,8H,1-2H3,(H2,7,9,11). The molecule has 1 rings (SSSR count). The van der Waals surface area contributed by atoms with Crippen molar-refractivity contribution in [2.45, 2.75) is 0 Å². The number of aromatic nitrogens is 2. The molecular weight excluding hydrogens is 144 g/mol. The highest BCUT2D eigenvalue weighted by Gasteiger charge is 1.99. The average Bonchev–Trinajstić information content (AvgIpc) is 1.96. The Balaban J connectivity index is 3.36. The molecule has 0 atom stereocenters. The fourth-order valence-corrected chi connectivity index (χ4v) is 0.798. The molecule has 0 amide bonds. The first-order valence-electron chi connectivity index (χ1n) is 3.16. The number of hydrogen-bond acceptors (Lipinski definition) is 4. The maximum atomic E-state index is 11.0. The van der Waals surface area contributed by atoms with Gasteiger partial charge in [0.2, 0.25) is 0 Å². The van der Waals surface area contributed by atoms with E-state index in [9.17, 15) is 4.79 Å². The van der Waals surface area contributed by atoms with Gasteiger partial charge in [0.1, 0.15) is 11.6 Å². The third kappa shape index (κ3) is 1.31. The maximum Gasteiger partial charge on any atom is 0.350 e. The normalized spacial score (nSPS) is 9.64. The van der Waals surface area contributed by atoms with E-state index in [4.69, 9.17) is 5.73 Å². The van der Waals surface area contributed by atoms with Crippen molar-refractivity contribution in [3.8, 4) is 0 Å². The molecule has 0 bridgehead atoms. The summed E-state index contributed by atoms with van der Waals surface area (Å²) < 4.78 is 1.39. The van der Waals surface area contributed by atoms with Crippen molar-refractivity contribution >= 4 is 11.6 Å². The Kier molecular flexibility index (Phi) is 1.80. The van der Waals surface area contributed by atoms with Gasteiger partial charge in [-0.1, -0.05) is 0 Å². The van der Waals surface area contributed by atoms with Gasteiger partial charge in [-0.25, -0.2) is 4.79 Å². The second-order valence-electron chi connectivity index (χ2n) is 2.16. The molecule has 1 aromatic rings. The zero-order chi connectivity index (χ0) is 8.43. The maximum absolute atomic E-state index is 11.0. The second-order valence-corrected chi connectivity index (χ2v) is 2.16. The van der Waals surface area contributed by atoms with Crippen molar-refractivity contribution in [2.75, 3.05) is 18.1 Å². The van der Waals surface area contributed by atoms with E-state index in [0.29, 0.717) is 5.82 Å². The van der Waals surface area contributed by atoms with Crippen LogP contribution in [0, 0.1) is 0 Å². The van der Waals surface area contributed by atoms with Gasteiger partial charge in [-0.05, 0) is 0 Å². The molecule has 0 aliphatic heterocycles. The number of rotatable bonds is 1. The van der Waals surface area contributed by atoms with Crippen molar-refractivity contribution in [3.05, 3.63) is 16.6 Å². The Labute approximate surface area is 63.9 Å². The van der Waals surface area contributed by atoms with E-state index in [1.165, 1.54) is 4.57 Å². The highest BCUT2D eigenvalue weighted by atomic mass is 16.1. The summed E-state index contributed by atoms with van der Waals surface area (Å²) in [5, 5.41) is 2.82. The summed E-state index contributed by atoms with van der Waals surface area (Å²) in [4.78, 5) is 14.5. The number of hydrogen-bond donors (Lipinski definition) is 2. The summed E-state index contributed by atoms with van der Waals surface area (Å²) in [6, 6.07) is 1.60. The minimum absolute atomic E-state index is 0.234. The van der Waals surface area contributed by atoms with Crippen LogP contribution in [-0.4, -0.2) is 16.6 Å². The molecule has 0 aliphatic carbocycles. The van der Waals surface area contributed by atoms with Crippen LogP contribution in [0.5, 0.6) is 0 Å². The Morgan fingerprint density at radius 1 is 1.73 bits per heavy atom. The number of anilines is 2. The molecule has 60 valence electrons. The Hall–Kier alpha value is -1.52. The van der Waals surface area contributed by atoms with E-state index in [1.807, 2.05) is 0 Å². The van der Waals surface area contributed by atoms with Gasteiger partial charge in [0, 0.05) is 20.2 Å². The molecule has 1 aromatic heterocycles. The fourth-order valence-electron chi connectivity index (χ4n) is 0.798. The van der Waals surface area contributed by atoms with E-state index < -0.39 is 0 Å². The lowest BCUT2D eigenvalue weighted by Gasteiger charge is -2.05. The predicted octanol–water partition coefficient (Wildman–Crippen LogP) is -0.596. The van der Waals surface area contributed by atoms with Gasteiger partial charge in [-0.3, -0.25) is 4.57 Å². The van der Waals surface area contributed by atoms with Crippen molar-refractivity contribution in [3.63, 3.8) is 0 Å². The van der Waals surface area contributed by atoms with Gasteiger partial charge in [0.15, 0.2) is 0 Å². The van der Waals surface area contributed by atoms with Crippen LogP contribution in [0.2, 0.25) is 0 Å². The number of nitrogens with zero attached hydrogens (tertiary/aromatic N) is 2. The molecule has 0 unspecified atom stereocenters. The first-order chi connectivity index (χ1) is 5.15. The first kappa shape index (κ1) is 7.59. The van der Waals surface area contributed by atoms with Crippen molar-refractivity contribution in [2.24, 2.45) is 7.05 Å². The third-order valence-corrected chi connectivity index (χ3v) is 1.41. The van der Waals surface area contributed by atoms with Crippen molar-refractivity contribution in [1.82, 2.24) is 9.55 Å². The zero-order valence-corrected chi connectivity index (χ0v) is 6.46. The first-order valence-corrected chi connectivity index (χ1v) is 3.16. The van der Waals surface area contributed by atoms with Crippen LogP contribution >= 0.6 is 0 Å². The van der Waals surface area contributed by atoms with Crippen molar-refractivity contribution < 1.29 is 0 Å². The minimum atomic E-state index is -0.352. The van der Waals surface area contributed by atoms with Crippen LogP contribution in [0.3, 0.4) is 0 Å². The number of nitrogen functional groups attached to an aromatic ring is 1. The fraction of sp³-hybridized carbons (Fsp3) is 0.333. The zero-order valence-electron chi connectivity index (χ0n) is 6.46. The van der Waals surface area contributed by atoms with Gasteiger partial charge < -0.3 is 11.1 Å². The molecule has 0 saturated heterocycles. The largest absolute Gasteiger partial charge is 0.383 e. The molecule has 0 aliphatic rings. The van der Waals surface area contributed by atoms with Gasteiger partial charge in [0.05, 0.1) is 0 Å². The monoisotopic (exact) mass is 154 g/mol. The molecule has 0 saturated carbocycles. The van der Waals surface area contributed by atoms with Crippen molar-refractivity contribution in [1.29, 1.82) is 0 Å². The quantitative estimate of drug-likeness (QED) is 0.566. The molecule has 3 N–H and O–H groups in total. The lowest BCUT2D eigenvalue weighted by molar-refractivity contribution is 0.821. The molecule has 1 heterocycles. The molecule has 11 heavy (non-hydrogen) atoms. The van der Waals surface area contributed by atoms with Gasteiger partial charge in [0.25, 0.3) is 0 Å². The predicted molar refractivity (Wildman–Crippen MR) is 43.4 cm³/mol. The van der Waals surface area contributed by atoms with Gasteiger partial charge >= 0.3 is 5.69 Å². The van der Waals surface area contributed by atoms with Crippen LogP contribution in [0.25, 0.3) is 0 Å². The smallest absolute Gasteiger partial charge is 0.350 e. The molecule has 5 heteroatoms. The Morgan fingerprint density at radius 3 is 2.91 bits per heavy atom. The lowest BCUT2D eigenvalue weighted by Crippen LogP contribution is -2.23. The van der Waals surface area contributed by atoms with E-state index in [0.717, 1.165) is 0 Å². The topological polar surface area (TPSA) is 72.9 Å². The van der Waals surface area contributed by atoms with Gasteiger partial charge in [-0.2, -0.15) is 4.98 Å². The van der Waals surface area contributed by atoms with Crippen LogP contribution in [0.15, 0.2) is 10.9 Å². The molecule has 0 aromatic carbocycles. The molecule has 0 fully saturated rings. The van der Waals surface area contributed by atoms with Crippen LogP contribution in [0.4, 0.5) is 11.6 Å². The Morgan fingerprint density at radius 2 is 2.36 bits per heavy atom. The summed E-state index contributed by atoms with van der Waals surface area (Å²) in [7, 11) is 3.34. The van der Waals surface area contributed by atoms with E-state index >= 15 is 0 Å². The highest BCUT2D eigenvalue weighted by molar-refractivity contribution is 5.43. The summed E-state index contributed by atoms with van der Waals surface area (Å²) in [6.45, 7) is 0. The Bertz CT molecular complexity index is 317.